The number of hydrogen-bond donors (Lipinski definition) is 3. The molecule has 15 nitrogen and oxygen atoms in total. The van der Waals surface area contributed by atoms with Crippen molar-refractivity contribution in [2.45, 2.75) is 182 Å². The van der Waals surface area contributed by atoms with E-state index in [0.717, 1.165) is 59.4 Å². The van der Waals surface area contributed by atoms with E-state index in [1.54, 1.807) is 32.1 Å². The number of alkyl carbamates (subject to hydrolysis) is 1. The zero-order chi connectivity index (χ0) is 46.2. The number of ether oxygens (including phenoxy) is 2. The largest absolute Gasteiger partial charge is 0.459 e. The Morgan fingerprint density at radius 2 is 1.70 bits per heavy atom. The highest BCUT2D eigenvalue weighted by Gasteiger charge is 2.62. The van der Waals surface area contributed by atoms with E-state index in [9.17, 15) is 27.6 Å². The SMILES string of the molecule is CC[C@@H]1C[C@@]12NC(=O)[C@@H]1C[C@H](CN1C(=O)[C@@H](NC(=O)OC(C)(C)C)C(C)(C)C)Oc1nc3c(cccc3n1C(C)C)-c1nc(C(C)C)c(s1)CCCCCCCCS(=O)(=O)NC2=O. The van der Waals surface area contributed by atoms with Crippen LogP contribution in [-0.2, 0) is 35.6 Å². The molecule has 2 aliphatic heterocycles. The predicted octanol–water partition coefficient (Wildman–Crippen LogP) is 7.78. The molecule has 1 aromatic carbocycles. The van der Waals surface area contributed by atoms with Crippen molar-refractivity contribution in [3.63, 3.8) is 0 Å². The number of carbonyl (C=O) groups excluding carboxylic acids is 4. The first-order chi connectivity index (χ1) is 29.4. The van der Waals surface area contributed by atoms with E-state index in [4.69, 9.17) is 19.4 Å². The fourth-order valence-corrected chi connectivity index (χ4v) is 11.3. The number of likely N-dealkylation sites (tertiary alicyclic amines) is 1. The summed E-state index contributed by atoms with van der Waals surface area (Å²) in [6, 6.07) is 4.04. The van der Waals surface area contributed by atoms with E-state index < -0.39 is 68.6 Å². The molecule has 0 unspecified atom stereocenters. The molecular weight excluding hydrogens is 843 g/mol. The lowest BCUT2D eigenvalue weighted by Gasteiger charge is -2.36. The fraction of sp³-hybridized carbons (Fsp3) is 0.696. The van der Waals surface area contributed by atoms with Crippen LogP contribution in [-0.4, -0.2) is 93.3 Å². The number of nitrogens with zero attached hydrogens (tertiary/aromatic N) is 4. The van der Waals surface area contributed by atoms with Gasteiger partial charge in [0.15, 0.2) is 0 Å². The molecule has 2 fully saturated rings. The van der Waals surface area contributed by atoms with E-state index in [2.05, 4.69) is 29.2 Å². The molecule has 348 valence electrons. The van der Waals surface area contributed by atoms with Gasteiger partial charge in [-0.1, -0.05) is 79.7 Å². The Bertz CT molecular complexity index is 2290. The third-order valence-electron chi connectivity index (χ3n) is 12.3. The number of fused-ring (bicyclic) bond motifs is 6. The number of aromatic nitrogens is 3. The van der Waals surface area contributed by atoms with Crippen molar-refractivity contribution < 1.29 is 37.1 Å². The molecule has 1 spiro atoms. The van der Waals surface area contributed by atoms with Gasteiger partial charge in [-0.25, -0.2) is 18.2 Å². The molecule has 1 saturated carbocycles. The monoisotopic (exact) mass is 911 g/mol. The molecule has 63 heavy (non-hydrogen) atoms. The maximum absolute atomic E-state index is 14.8. The minimum absolute atomic E-state index is 0.0357. The first-order valence-corrected chi connectivity index (χ1v) is 25.3. The Labute approximate surface area is 377 Å². The molecule has 3 N–H and O–H groups in total. The number of imidazole rings is 1. The van der Waals surface area contributed by atoms with Gasteiger partial charge in [0, 0.05) is 22.9 Å². The van der Waals surface area contributed by atoms with Gasteiger partial charge in [-0.05, 0) is 89.7 Å². The lowest BCUT2D eigenvalue weighted by atomic mass is 9.85. The molecule has 3 aliphatic rings. The number of para-hydroxylation sites is 1. The summed E-state index contributed by atoms with van der Waals surface area (Å²) in [6.07, 6.45) is 5.13. The highest BCUT2D eigenvalue weighted by atomic mass is 32.2. The number of aryl methyl sites for hydroxylation is 1. The number of carbonyl (C=O) groups is 4. The van der Waals surface area contributed by atoms with Crippen LogP contribution >= 0.6 is 11.3 Å². The molecule has 17 heteroatoms. The average Bonchev–Trinajstić information content (AvgIpc) is 3.45. The maximum atomic E-state index is 14.8. The highest BCUT2D eigenvalue weighted by molar-refractivity contribution is 7.90. The summed E-state index contributed by atoms with van der Waals surface area (Å²) in [5.74, 6) is -2.21. The smallest absolute Gasteiger partial charge is 0.408 e. The van der Waals surface area contributed by atoms with Crippen LogP contribution in [0.5, 0.6) is 6.01 Å². The number of sulfonamides is 1. The molecule has 5 atom stereocenters. The van der Waals surface area contributed by atoms with Crippen molar-refractivity contribution in [1.82, 2.24) is 34.8 Å². The summed E-state index contributed by atoms with van der Waals surface area (Å²) in [6.45, 7) is 20.9. The zero-order valence-electron chi connectivity index (χ0n) is 39.1. The quantitative estimate of drug-likeness (QED) is 0.228. The summed E-state index contributed by atoms with van der Waals surface area (Å²) in [4.78, 5) is 69.6. The normalized spacial score (nSPS) is 24.4. The van der Waals surface area contributed by atoms with Crippen LogP contribution in [0.4, 0.5) is 4.79 Å². The molecular formula is C46H69N7O8S2. The molecule has 1 aliphatic carbocycles. The van der Waals surface area contributed by atoms with Crippen molar-refractivity contribution in [2.24, 2.45) is 11.3 Å². The summed E-state index contributed by atoms with van der Waals surface area (Å²) in [5.41, 5.74) is 0.451. The van der Waals surface area contributed by atoms with Gasteiger partial charge in [-0.15, -0.1) is 11.3 Å². The van der Waals surface area contributed by atoms with Crippen LogP contribution in [0.25, 0.3) is 21.6 Å². The van der Waals surface area contributed by atoms with Gasteiger partial charge in [-0.2, -0.15) is 4.98 Å². The van der Waals surface area contributed by atoms with E-state index in [1.807, 2.05) is 64.3 Å². The first-order valence-electron chi connectivity index (χ1n) is 22.8. The van der Waals surface area contributed by atoms with Crippen molar-refractivity contribution in [3.8, 4) is 16.6 Å². The lowest BCUT2D eigenvalue weighted by molar-refractivity contribution is -0.143. The third kappa shape index (κ3) is 11.0. The molecule has 1 saturated heterocycles. The van der Waals surface area contributed by atoms with E-state index in [-0.39, 0.29) is 43.0 Å². The zero-order valence-corrected chi connectivity index (χ0v) is 40.7. The summed E-state index contributed by atoms with van der Waals surface area (Å²) in [5, 5.41) is 6.58. The lowest BCUT2D eigenvalue weighted by Crippen LogP contribution is -2.60. The maximum Gasteiger partial charge on any atom is 0.408 e. The van der Waals surface area contributed by atoms with E-state index in [1.165, 1.54) is 9.78 Å². The molecule has 4 heterocycles. The first kappa shape index (κ1) is 48.2. The summed E-state index contributed by atoms with van der Waals surface area (Å²) < 4.78 is 43.2. The van der Waals surface area contributed by atoms with Gasteiger partial charge >= 0.3 is 6.09 Å². The van der Waals surface area contributed by atoms with Crippen molar-refractivity contribution in [3.05, 3.63) is 28.8 Å². The summed E-state index contributed by atoms with van der Waals surface area (Å²) >= 11 is 1.69. The fourth-order valence-electron chi connectivity index (χ4n) is 8.91. The van der Waals surface area contributed by atoms with Gasteiger partial charge < -0.3 is 25.0 Å². The predicted molar refractivity (Wildman–Crippen MR) is 245 cm³/mol. The molecule has 6 rings (SSSR count). The molecule has 3 aromatic rings. The van der Waals surface area contributed by atoms with E-state index >= 15 is 0 Å². The van der Waals surface area contributed by atoms with Crippen LogP contribution in [0.3, 0.4) is 0 Å². The number of rotatable bonds is 5. The third-order valence-corrected chi connectivity index (χ3v) is 14.8. The Balaban J connectivity index is 1.42. The van der Waals surface area contributed by atoms with Crippen molar-refractivity contribution in [2.75, 3.05) is 12.3 Å². The second-order valence-corrected chi connectivity index (χ2v) is 23.3. The van der Waals surface area contributed by atoms with Gasteiger partial charge in [0.25, 0.3) is 11.9 Å². The van der Waals surface area contributed by atoms with Gasteiger partial charge in [0.2, 0.25) is 21.8 Å². The minimum atomic E-state index is -3.99. The number of hydrogen-bond acceptors (Lipinski definition) is 11. The number of amides is 4. The molecule has 2 aromatic heterocycles. The Morgan fingerprint density at radius 1 is 1.02 bits per heavy atom. The van der Waals surface area contributed by atoms with Crippen LogP contribution in [0.2, 0.25) is 0 Å². The molecule has 4 amide bonds. The molecule has 0 radical (unpaired) electrons. The second kappa shape index (κ2) is 18.7. The van der Waals surface area contributed by atoms with Crippen molar-refractivity contribution in [1.29, 1.82) is 0 Å². The second-order valence-electron chi connectivity index (χ2n) is 20.3. The van der Waals surface area contributed by atoms with Gasteiger partial charge in [0.1, 0.15) is 39.9 Å². The number of nitrogens with one attached hydrogen (secondary N) is 3. The Morgan fingerprint density at radius 3 is 2.32 bits per heavy atom. The Hall–Kier alpha value is -4.25. The number of thiazole rings is 1. The van der Waals surface area contributed by atoms with Gasteiger partial charge in [0.05, 0.1) is 23.5 Å². The van der Waals surface area contributed by atoms with Crippen LogP contribution in [0.1, 0.15) is 156 Å². The standard InChI is InChI=1S/C46H69N7O8S2/c1-12-29-25-46(29)41(56)51-63(58,59)23-18-16-14-13-15-17-22-34-35(27(2)3)47-39(62-34)31-20-19-21-32-36(31)48-42(53(32)28(4)5)60-30-24-33(38(54)50-46)52(26-30)40(55)37(44(6,7)8)49-43(57)61-45(9,10)11/h19-21,27-30,33,37H,12-18,22-26H2,1-11H3,(H,49,57)(H,50,54)(H,51,56)/t29-,30-,33+,37-,46-/m1/s1. The summed E-state index contributed by atoms with van der Waals surface area (Å²) in [7, 11) is -3.99. The van der Waals surface area contributed by atoms with Crippen molar-refractivity contribution >= 4 is 56.2 Å². The van der Waals surface area contributed by atoms with Gasteiger partial charge in [-0.3, -0.25) is 23.7 Å². The molecule has 6 bridgehead atoms. The number of benzene rings is 1. The van der Waals surface area contributed by atoms with Crippen LogP contribution < -0.4 is 20.1 Å². The van der Waals surface area contributed by atoms with Crippen LogP contribution in [0, 0.1) is 11.3 Å². The Kier molecular flexibility index (Phi) is 14.3. The highest BCUT2D eigenvalue weighted by Crippen LogP contribution is 2.47. The topological polar surface area (TPSA) is 191 Å². The average molecular weight is 912 g/mol. The van der Waals surface area contributed by atoms with Crippen LogP contribution in [0.15, 0.2) is 18.2 Å². The van der Waals surface area contributed by atoms with E-state index in [0.29, 0.717) is 25.3 Å². The minimum Gasteiger partial charge on any atom is -0.459 e.